The van der Waals surface area contributed by atoms with Crippen molar-refractivity contribution in [2.45, 2.75) is 56.5 Å². The Hall–Kier alpha value is -1.37. The summed E-state index contributed by atoms with van der Waals surface area (Å²) in [4.78, 5) is 10.8. The number of hydrogen-bond donors (Lipinski definition) is 0. The number of esters is 1. The van der Waals surface area contributed by atoms with Gasteiger partial charge in [0.1, 0.15) is 0 Å². The van der Waals surface area contributed by atoms with Crippen LogP contribution in [-0.2, 0) is 9.53 Å². The highest BCUT2D eigenvalue weighted by Gasteiger charge is 2.85. The maximum Gasteiger partial charge on any atom is 0.385 e. The Bertz CT molecular complexity index is 476. The molecule has 0 radical (unpaired) electrons. The fourth-order valence-corrected chi connectivity index (χ4v) is 1.20. The highest BCUT2D eigenvalue weighted by Crippen LogP contribution is 2.56. The molecule has 0 aliphatic rings. The lowest BCUT2D eigenvalue weighted by Gasteiger charge is -2.38. The van der Waals surface area contributed by atoms with Crippen LogP contribution in [-0.4, -0.2) is 48.6 Å². The fraction of sp³-hybridized carbons (Fsp3) is 0.909. The molecule has 25 heavy (non-hydrogen) atoms. The summed E-state index contributed by atoms with van der Waals surface area (Å²) in [5.41, 5.74) is 0. The molecular formula is C11H10F12O2. The zero-order chi connectivity index (χ0) is 20.6. The first kappa shape index (κ1) is 23.6. The predicted octanol–water partition coefficient (Wildman–Crippen LogP) is 4.63. The van der Waals surface area contributed by atoms with Gasteiger partial charge in [-0.05, 0) is 0 Å². The Morgan fingerprint density at radius 3 is 1.44 bits per heavy atom. The first-order chi connectivity index (χ1) is 10.9. The van der Waals surface area contributed by atoms with Crippen LogP contribution in [0.25, 0.3) is 0 Å². The Balaban J connectivity index is 5.87. The second-order valence-corrected chi connectivity index (χ2v) is 5.04. The summed E-state index contributed by atoms with van der Waals surface area (Å²) in [5.74, 6) is -32.0. The van der Waals surface area contributed by atoms with Crippen molar-refractivity contribution >= 4 is 5.97 Å². The van der Waals surface area contributed by atoms with E-state index < -0.39 is 54.5 Å². The molecule has 0 saturated carbocycles. The van der Waals surface area contributed by atoms with Crippen molar-refractivity contribution in [3.8, 4) is 0 Å². The predicted molar refractivity (Wildman–Crippen MR) is 56.5 cm³/mol. The number of carbonyl (C=O) groups is 1. The Labute approximate surface area is 132 Å². The molecule has 0 spiro atoms. The summed E-state index contributed by atoms with van der Waals surface area (Å²) in [7, 11) is 0. The Kier molecular flexibility index (Phi) is 6.71. The van der Waals surface area contributed by atoms with E-state index in [4.69, 9.17) is 0 Å². The lowest BCUT2D eigenvalue weighted by Crippen LogP contribution is -2.68. The molecule has 0 saturated heterocycles. The number of hydrogen-bond acceptors (Lipinski definition) is 2. The van der Waals surface area contributed by atoms with Gasteiger partial charge in [0.15, 0.2) is 0 Å². The average Bonchev–Trinajstić information content (AvgIpc) is 2.44. The van der Waals surface area contributed by atoms with Crippen molar-refractivity contribution in [3.05, 3.63) is 0 Å². The fourth-order valence-electron chi connectivity index (χ4n) is 1.20. The molecule has 0 rings (SSSR count). The van der Waals surface area contributed by atoms with Crippen molar-refractivity contribution in [2.24, 2.45) is 5.92 Å². The smallest absolute Gasteiger partial charge is 0.385 e. The van der Waals surface area contributed by atoms with Crippen molar-refractivity contribution in [3.63, 3.8) is 0 Å². The summed E-state index contributed by atoms with van der Waals surface area (Å²) in [6.45, 7) is 1.79. The minimum absolute atomic E-state index is 0.893. The van der Waals surface area contributed by atoms with Crippen molar-refractivity contribution < 1.29 is 62.2 Å². The largest absolute Gasteiger partial charge is 0.424 e. The normalized spacial score (nSPS) is 17.0. The van der Waals surface area contributed by atoms with Crippen LogP contribution < -0.4 is 0 Å². The highest BCUT2D eigenvalue weighted by atomic mass is 19.4. The van der Waals surface area contributed by atoms with Gasteiger partial charge in [-0.3, -0.25) is 4.79 Å². The molecule has 0 aromatic carbocycles. The molecule has 150 valence electrons. The van der Waals surface area contributed by atoms with E-state index in [1.165, 1.54) is 0 Å². The van der Waals surface area contributed by atoms with Gasteiger partial charge in [0.2, 0.25) is 6.17 Å². The molecule has 2 atom stereocenters. The zero-order valence-corrected chi connectivity index (χ0v) is 12.2. The van der Waals surface area contributed by atoms with Gasteiger partial charge in [0, 0.05) is 0 Å². The van der Waals surface area contributed by atoms with Crippen LogP contribution in [0.5, 0.6) is 0 Å². The molecule has 0 amide bonds. The van der Waals surface area contributed by atoms with E-state index in [0.29, 0.717) is 0 Å². The third-order valence-electron chi connectivity index (χ3n) is 2.78. The van der Waals surface area contributed by atoms with Gasteiger partial charge >= 0.3 is 36.0 Å². The number of rotatable bonds is 8. The van der Waals surface area contributed by atoms with Crippen LogP contribution in [0.3, 0.4) is 0 Å². The quantitative estimate of drug-likeness (QED) is 0.438. The molecule has 0 aliphatic carbocycles. The summed E-state index contributed by atoms with van der Waals surface area (Å²) >= 11 is 0. The minimum Gasteiger partial charge on any atom is -0.424 e. The van der Waals surface area contributed by atoms with Crippen molar-refractivity contribution in [2.75, 3.05) is 0 Å². The molecule has 2 nitrogen and oxygen atoms in total. The van der Waals surface area contributed by atoms with E-state index >= 15 is 0 Å². The topological polar surface area (TPSA) is 26.3 Å². The minimum atomic E-state index is -7.46. The standard InChI is InChI=1S/C11H10F12O2/c1-3(2)6(24)25-7(15)9(18,19)11(22,23)10(20,21)8(16,17)4(12)5(13)14/h3-5,7H,1-2H3. The summed E-state index contributed by atoms with van der Waals surface area (Å²) in [6.07, 6.45) is -15.0. The number of ether oxygens (including phenoxy) is 1. The van der Waals surface area contributed by atoms with Crippen LogP contribution >= 0.6 is 0 Å². The summed E-state index contributed by atoms with van der Waals surface area (Å²) in [6, 6.07) is 0. The lowest BCUT2D eigenvalue weighted by atomic mass is 9.95. The molecule has 0 N–H and O–H groups in total. The molecule has 0 heterocycles. The van der Waals surface area contributed by atoms with Crippen LogP contribution in [0.1, 0.15) is 13.8 Å². The van der Waals surface area contributed by atoms with E-state index in [0.717, 1.165) is 13.8 Å². The third-order valence-corrected chi connectivity index (χ3v) is 2.78. The molecule has 0 fully saturated rings. The maximum absolute atomic E-state index is 13.2. The van der Waals surface area contributed by atoms with Crippen LogP contribution in [0, 0.1) is 5.92 Å². The zero-order valence-electron chi connectivity index (χ0n) is 12.2. The second-order valence-electron chi connectivity index (χ2n) is 5.04. The Morgan fingerprint density at radius 1 is 0.760 bits per heavy atom. The van der Waals surface area contributed by atoms with Crippen LogP contribution in [0.4, 0.5) is 52.7 Å². The van der Waals surface area contributed by atoms with Crippen LogP contribution in [0.2, 0.25) is 0 Å². The van der Waals surface area contributed by atoms with E-state index in [1.54, 1.807) is 0 Å². The van der Waals surface area contributed by atoms with Crippen LogP contribution in [0.15, 0.2) is 0 Å². The third kappa shape index (κ3) is 3.91. The van der Waals surface area contributed by atoms with E-state index in [-0.39, 0.29) is 0 Å². The molecule has 0 bridgehead atoms. The monoisotopic (exact) mass is 402 g/mol. The van der Waals surface area contributed by atoms with Crippen molar-refractivity contribution in [1.82, 2.24) is 0 Å². The Morgan fingerprint density at radius 2 is 1.12 bits per heavy atom. The van der Waals surface area contributed by atoms with Gasteiger partial charge in [-0.25, -0.2) is 13.2 Å². The maximum atomic E-state index is 13.2. The molecule has 0 aromatic heterocycles. The van der Waals surface area contributed by atoms with E-state index in [2.05, 4.69) is 4.74 Å². The second kappa shape index (κ2) is 7.09. The first-order valence-electron chi connectivity index (χ1n) is 6.13. The van der Waals surface area contributed by atoms with Gasteiger partial charge in [-0.1, -0.05) is 13.8 Å². The molecule has 0 aliphatic heterocycles. The molecular weight excluding hydrogens is 392 g/mol. The summed E-state index contributed by atoms with van der Waals surface area (Å²) < 4.78 is 157. The van der Waals surface area contributed by atoms with Gasteiger partial charge < -0.3 is 4.74 Å². The average molecular weight is 402 g/mol. The van der Waals surface area contributed by atoms with Gasteiger partial charge in [-0.15, -0.1) is 0 Å². The first-order valence-corrected chi connectivity index (χ1v) is 6.13. The van der Waals surface area contributed by atoms with Gasteiger partial charge in [0.25, 0.3) is 6.43 Å². The highest BCUT2D eigenvalue weighted by molar-refractivity contribution is 5.71. The van der Waals surface area contributed by atoms with Gasteiger partial charge in [-0.2, -0.15) is 39.5 Å². The SMILES string of the molecule is CC(C)C(=O)OC(F)C(F)(F)C(F)(F)C(F)(F)C(F)(F)C(F)C(F)F. The molecule has 14 heteroatoms. The number of halogens is 12. The van der Waals surface area contributed by atoms with Gasteiger partial charge in [0.05, 0.1) is 5.92 Å². The van der Waals surface area contributed by atoms with Crippen molar-refractivity contribution in [1.29, 1.82) is 0 Å². The molecule has 2 unspecified atom stereocenters. The summed E-state index contributed by atoms with van der Waals surface area (Å²) in [5, 5.41) is 0. The number of carbonyl (C=O) groups excluding carboxylic acids is 1. The number of alkyl halides is 12. The van der Waals surface area contributed by atoms with E-state index in [1.807, 2.05) is 0 Å². The van der Waals surface area contributed by atoms with E-state index in [9.17, 15) is 57.5 Å². The lowest BCUT2D eigenvalue weighted by molar-refractivity contribution is -0.400. The molecule has 0 aromatic rings.